The second kappa shape index (κ2) is 9.31. The molecule has 2 aromatic heterocycles. The van der Waals surface area contributed by atoms with Gasteiger partial charge in [0.2, 0.25) is 0 Å². The molecule has 0 aliphatic carbocycles. The minimum absolute atomic E-state index is 0.154. The first kappa shape index (κ1) is 23.1. The van der Waals surface area contributed by atoms with E-state index >= 15 is 0 Å². The highest BCUT2D eigenvalue weighted by Crippen LogP contribution is 2.34. The van der Waals surface area contributed by atoms with Gasteiger partial charge >= 0.3 is 11.3 Å². The number of fused-ring (bicyclic) bond motifs is 3. The molecule has 0 spiro atoms. The van der Waals surface area contributed by atoms with Gasteiger partial charge in [0, 0.05) is 44.6 Å². The SMILES string of the molecule is COc1cccc2cc(-c3cc(=O)oc4cc(OCc5cc(Cl)cc6c5OCOC6)ccc34)c(=O)oc12. The quantitative estimate of drug-likeness (QED) is 0.274. The van der Waals surface area contributed by atoms with Crippen LogP contribution >= 0.6 is 11.6 Å². The van der Waals surface area contributed by atoms with Crippen LogP contribution < -0.4 is 25.5 Å². The zero-order chi connectivity index (χ0) is 25.5. The van der Waals surface area contributed by atoms with Gasteiger partial charge < -0.3 is 27.8 Å². The third kappa shape index (κ3) is 4.30. The minimum atomic E-state index is -0.609. The summed E-state index contributed by atoms with van der Waals surface area (Å²) in [5.74, 6) is 1.59. The molecule has 3 heterocycles. The second-order valence-corrected chi connectivity index (χ2v) is 8.85. The molecule has 0 saturated heterocycles. The van der Waals surface area contributed by atoms with E-state index in [2.05, 4.69) is 0 Å². The fourth-order valence-electron chi connectivity index (χ4n) is 4.45. The lowest BCUT2D eigenvalue weighted by atomic mass is 10.0. The van der Waals surface area contributed by atoms with E-state index in [1.165, 1.54) is 13.2 Å². The highest BCUT2D eigenvalue weighted by Gasteiger charge is 2.18. The molecule has 37 heavy (non-hydrogen) atoms. The van der Waals surface area contributed by atoms with Crippen molar-refractivity contribution >= 4 is 33.5 Å². The van der Waals surface area contributed by atoms with Gasteiger partial charge in [0.15, 0.2) is 18.1 Å². The fourth-order valence-corrected chi connectivity index (χ4v) is 4.71. The Morgan fingerprint density at radius 1 is 0.973 bits per heavy atom. The standard InChI is InChI=1S/C28H19ClO8/c1-32-23-4-2-3-15-9-22(28(31)37-27(15)23)21-11-25(30)36-24-10-19(5-6-20(21)24)34-13-17-8-18(29)7-16-12-33-14-35-26(16)17/h2-11H,12-14H2,1H3. The van der Waals surface area contributed by atoms with Gasteiger partial charge in [0.25, 0.3) is 0 Å². The molecular weight excluding hydrogens is 500 g/mol. The summed E-state index contributed by atoms with van der Waals surface area (Å²) in [4.78, 5) is 25.4. The Kier molecular flexibility index (Phi) is 5.82. The molecule has 3 aromatic carbocycles. The molecule has 0 atom stereocenters. The second-order valence-electron chi connectivity index (χ2n) is 8.42. The first-order valence-corrected chi connectivity index (χ1v) is 11.7. The molecule has 0 radical (unpaired) electrons. The van der Waals surface area contributed by atoms with Crippen molar-refractivity contribution in [1.29, 1.82) is 0 Å². The molecule has 0 bridgehead atoms. The molecule has 0 N–H and O–H groups in total. The average molecular weight is 519 g/mol. The third-order valence-corrected chi connectivity index (χ3v) is 6.31. The van der Waals surface area contributed by atoms with Crippen molar-refractivity contribution in [3.8, 4) is 28.4 Å². The van der Waals surface area contributed by atoms with Gasteiger partial charge in [-0.05, 0) is 36.4 Å². The molecule has 8 nitrogen and oxygen atoms in total. The third-order valence-electron chi connectivity index (χ3n) is 6.10. The first-order chi connectivity index (χ1) is 18.0. The molecule has 186 valence electrons. The molecule has 0 fully saturated rings. The number of para-hydroxylation sites is 1. The van der Waals surface area contributed by atoms with E-state index in [9.17, 15) is 9.59 Å². The Morgan fingerprint density at radius 2 is 1.86 bits per heavy atom. The molecule has 9 heteroatoms. The minimum Gasteiger partial charge on any atom is -0.493 e. The van der Waals surface area contributed by atoms with E-state index in [0.29, 0.717) is 50.8 Å². The van der Waals surface area contributed by atoms with E-state index in [0.717, 1.165) is 11.1 Å². The maximum absolute atomic E-state index is 12.9. The monoisotopic (exact) mass is 518 g/mol. The van der Waals surface area contributed by atoms with Crippen molar-refractivity contribution in [3.63, 3.8) is 0 Å². The summed E-state index contributed by atoms with van der Waals surface area (Å²) < 4.78 is 33.2. The highest BCUT2D eigenvalue weighted by molar-refractivity contribution is 6.30. The zero-order valence-corrected chi connectivity index (χ0v) is 20.3. The van der Waals surface area contributed by atoms with Crippen molar-refractivity contribution < 1.29 is 27.8 Å². The van der Waals surface area contributed by atoms with Crippen molar-refractivity contribution in [2.45, 2.75) is 13.2 Å². The van der Waals surface area contributed by atoms with E-state index < -0.39 is 11.3 Å². The average Bonchev–Trinajstić information content (AvgIpc) is 2.90. The number of ether oxygens (including phenoxy) is 4. The lowest BCUT2D eigenvalue weighted by Gasteiger charge is -2.21. The van der Waals surface area contributed by atoms with Crippen molar-refractivity contribution in [2.75, 3.05) is 13.9 Å². The van der Waals surface area contributed by atoms with Crippen molar-refractivity contribution in [3.05, 3.63) is 97.7 Å². The Bertz CT molecular complexity index is 1790. The maximum atomic E-state index is 12.9. The fraction of sp³-hybridized carbons (Fsp3) is 0.143. The smallest absolute Gasteiger partial charge is 0.344 e. The zero-order valence-electron chi connectivity index (χ0n) is 19.5. The van der Waals surface area contributed by atoms with Gasteiger partial charge in [0.05, 0.1) is 19.3 Å². The molecule has 1 aliphatic heterocycles. The predicted molar refractivity (Wildman–Crippen MR) is 137 cm³/mol. The van der Waals surface area contributed by atoms with Crippen LogP contribution in [0.1, 0.15) is 11.1 Å². The van der Waals surface area contributed by atoms with Gasteiger partial charge in [-0.2, -0.15) is 0 Å². The number of rotatable bonds is 5. The van der Waals surface area contributed by atoms with Crippen molar-refractivity contribution in [1.82, 2.24) is 0 Å². The number of halogens is 1. The van der Waals surface area contributed by atoms with Gasteiger partial charge in [-0.1, -0.05) is 23.7 Å². The van der Waals surface area contributed by atoms with E-state index in [4.69, 9.17) is 39.4 Å². The number of hydrogen-bond donors (Lipinski definition) is 0. The van der Waals surface area contributed by atoms with E-state index in [-0.39, 0.29) is 24.5 Å². The Balaban J connectivity index is 1.38. The Labute approximate surface area is 214 Å². The van der Waals surface area contributed by atoms with Crippen LogP contribution in [0, 0.1) is 0 Å². The van der Waals surface area contributed by atoms with Crippen LogP contribution in [-0.2, 0) is 18.0 Å². The Morgan fingerprint density at radius 3 is 2.73 bits per heavy atom. The summed E-state index contributed by atoms with van der Waals surface area (Å²) in [6.07, 6.45) is 0. The molecule has 0 amide bonds. The maximum Gasteiger partial charge on any atom is 0.344 e. The summed E-state index contributed by atoms with van der Waals surface area (Å²) >= 11 is 6.24. The summed E-state index contributed by atoms with van der Waals surface area (Å²) in [7, 11) is 1.50. The number of hydrogen-bond acceptors (Lipinski definition) is 8. The van der Waals surface area contributed by atoms with Gasteiger partial charge in [-0.25, -0.2) is 9.59 Å². The molecule has 0 unspecified atom stereocenters. The largest absolute Gasteiger partial charge is 0.493 e. The van der Waals surface area contributed by atoms with Crippen LogP contribution in [0.2, 0.25) is 5.02 Å². The van der Waals surface area contributed by atoms with E-state index in [1.807, 2.05) is 0 Å². The summed E-state index contributed by atoms with van der Waals surface area (Å²) in [6, 6.07) is 16.9. The lowest BCUT2D eigenvalue weighted by molar-refractivity contribution is -0.0175. The summed E-state index contributed by atoms with van der Waals surface area (Å²) in [5, 5.41) is 1.77. The number of methoxy groups -OCH3 is 1. The topological polar surface area (TPSA) is 97.3 Å². The number of benzene rings is 3. The highest BCUT2D eigenvalue weighted by atomic mass is 35.5. The lowest BCUT2D eigenvalue weighted by Crippen LogP contribution is -2.14. The van der Waals surface area contributed by atoms with Crippen LogP contribution in [0.25, 0.3) is 33.1 Å². The van der Waals surface area contributed by atoms with Gasteiger partial charge in [0.1, 0.15) is 23.7 Å². The van der Waals surface area contributed by atoms with Crippen LogP contribution in [0.5, 0.6) is 17.2 Å². The normalized spacial score (nSPS) is 12.8. The molecule has 6 rings (SSSR count). The van der Waals surface area contributed by atoms with Crippen LogP contribution in [0.4, 0.5) is 0 Å². The van der Waals surface area contributed by atoms with Gasteiger partial charge in [-0.3, -0.25) is 0 Å². The molecule has 1 aliphatic rings. The predicted octanol–water partition coefficient (Wildman–Crippen LogP) is 5.67. The summed E-state index contributed by atoms with van der Waals surface area (Å²) in [5.41, 5.74) is 1.64. The van der Waals surface area contributed by atoms with Gasteiger partial charge in [-0.15, -0.1) is 0 Å². The Hall–Kier alpha value is -4.27. The molecular formula is C28H19ClO8. The van der Waals surface area contributed by atoms with E-state index in [1.54, 1.807) is 54.6 Å². The van der Waals surface area contributed by atoms with Crippen molar-refractivity contribution in [2.24, 2.45) is 0 Å². The first-order valence-electron chi connectivity index (χ1n) is 11.3. The van der Waals surface area contributed by atoms with Crippen LogP contribution in [-0.4, -0.2) is 13.9 Å². The molecule has 0 saturated carbocycles. The van der Waals surface area contributed by atoms with Crippen LogP contribution in [0.15, 0.2) is 79.1 Å². The molecule has 5 aromatic rings. The summed E-state index contributed by atoms with van der Waals surface area (Å²) in [6.45, 7) is 0.734. The van der Waals surface area contributed by atoms with Crippen LogP contribution in [0.3, 0.4) is 0 Å².